The van der Waals surface area contributed by atoms with Crippen molar-refractivity contribution in [1.82, 2.24) is 5.32 Å². The average molecular weight is 845 g/mol. The zero-order valence-corrected chi connectivity index (χ0v) is 34.3. The molecule has 1 heterocycles. The molecule has 2 aromatic rings. The predicted molar refractivity (Wildman–Crippen MR) is 213 cm³/mol. The van der Waals surface area contributed by atoms with Crippen molar-refractivity contribution in [2.75, 3.05) is 20.8 Å². The lowest BCUT2D eigenvalue weighted by molar-refractivity contribution is -0.347. The first-order chi connectivity index (χ1) is 31.8. The summed E-state index contributed by atoms with van der Waals surface area (Å²) in [5.41, 5.74) is -11.4. The van der Waals surface area contributed by atoms with E-state index in [9.17, 15) is 29.4 Å². The van der Waals surface area contributed by atoms with E-state index in [4.69, 9.17) is 45.5 Å². The van der Waals surface area contributed by atoms with Crippen molar-refractivity contribution >= 4 is 29.8 Å². The third kappa shape index (κ3) is 7.52. The van der Waals surface area contributed by atoms with E-state index in [1.807, 2.05) is 5.32 Å². The number of esters is 3. The van der Waals surface area contributed by atoms with Crippen LogP contribution in [0.5, 0.6) is 0 Å². The topological polar surface area (TPSA) is 202 Å². The fourth-order valence-electron chi connectivity index (χ4n) is 9.93. The van der Waals surface area contributed by atoms with E-state index >= 15 is 4.79 Å². The highest BCUT2D eigenvalue weighted by atomic mass is 16.6. The molecule has 3 aliphatic carbocycles. The monoisotopic (exact) mass is 844 g/mol. The second-order valence-corrected chi connectivity index (χ2v) is 16.6. The summed E-state index contributed by atoms with van der Waals surface area (Å²) in [4.78, 5) is 71.1. The standard InChI is InChI=1S/C45H57NO14/c1-24-28(57-39(51)33(48)32(26-17-13-11-14-18-26)46-40(52)60-41(3,4)5)22-45(53)37(58-38(50)27-19-15-12-16-20-27)35-43(8,36(49)34(55-10)31(24)42(45,6)7)29(54-9)21-30-44(35,23-56-30)59-25(2)47/h11-20,28-30,32-35,37,48,53H,21-23H2,1-10H3,(H,46,52)/t28-,29-,30+,32-,33+,34+,35-,37-,43+,44-,45+/m0/s1/i3D3,4D3,5D3. The average Bonchev–Trinajstić information content (AvgIpc) is 3.25. The van der Waals surface area contributed by atoms with Gasteiger partial charge in [-0.25, -0.2) is 14.4 Å². The number of amides is 1. The molecule has 326 valence electrons. The molecule has 2 saturated carbocycles. The molecule has 15 nitrogen and oxygen atoms in total. The normalized spacial score (nSPS) is 35.8. The summed E-state index contributed by atoms with van der Waals surface area (Å²) in [6.07, 6.45) is -11.9. The van der Waals surface area contributed by atoms with Gasteiger partial charge in [-0.1, -0.05) is 62.4 Å². The second-order valence-electron chi connectivity index (χ2n) is 16.6. The highest BCUT2D eigenvalue weighted by Gasteiger charge is 2.78. The van der Waals surface area contributed by atoms with Crippen molar-refractivity contribution in [1.29, 1.82) is 0 Å². The summed E-state index contributed by atoms with van der Waals surface area (Å²) in [6, 6.07) is 12.8. The molecule has 3 N–H and O–H groups in total. The lowest BCUT2D eigenvalue weighted by Crippen LogP contribution is -2.82. The predicted octanol–water partition coefficient (Wildman–Crippen LogP) is 4.57. The van der Waals surface area contributed by atoms with E-state index < -0.39 is 133 Å². The van der Waals surface area contributed by atoms with Crippen LogP contribution in [0.3, 0.4) is 0 Å². The van der Waals surface area contributed by atoms with E-state index in [1.165, 1.54) is 63.6 Å². The first-order valence-corrected chi connectivity index (χ1v) is 19.4. The Labute approximate surface area is 362 Å². The number of fused-ring (bicyclic) bond motifs is 5. The molecule has 15 heteroatoms. The molecule has 6 rings (SSSR count). The van der Waals surface area contributed by atoms with Crippen LogP contribution in [0.4, 0.5) is 4.79 Å². The summed E-state index contributed by atoms with van der Waals surface area (Å²) in [7, 11) is 2.62. The minimum absolute atomic E-state index is 0.0318. The number of aliphatic hydroxyl groups is 2. The van der Waals surface area contributed by atoms with Gasteiger partial charge in [-0.3, -0.25) is 9.59 Å². The number of rotatable bonds is 10. The molecule has 0 aromatic heterocycles. The molecule has 60 heavy (non-hydrogen) atoms. The number of carbonyl (C=O) groups excluding carboxylic acids is 5. The fourth-order valence-corrected chi connectivity index (χ4v) is 9.93. The second kappa shape index (κ2) is 16.3. The van der Waals surface area contributed by atoms with Crippen molar-refractivity contribution in [3.05, 3.63) is 82.9 Å². The lowest BCUT2D eigenvalue weighted by Gasteiger charge is -2.67. The molecule has 2 aromatic carbocycles. The van der Waals surface area contributed by atoms with Gasteiger partial charge in [0.05, 0.1) is 35.6 Å². The molecule has 3 fully saturated rings. The van der Waals surface area contributed by atoms with Crippen molar-refractivity contribution in [3.8, 4) is 0 Å². The van der Waals surface area contributed by atoms with Crippen molar-refractivity contribution < 1.29 is 79.7 Å². The first kappa shape index (κ1) is 34.0. The van der Waals surface area contributed by atoms with Crippen LogP contribution in [0.15, 0.2) is 71.8 Å². The fraction of sp³-hybridized carbons (Fsp3) is 0.578. The molecule has 0 unspecified atom stereocenters. The van der Waals surface area contributed by atoms with Crippen LogP contribution < -0.4 is 5.32 Å². The minimum Gasteiger partial charge on any atom is -0.456 e. The number of benzene rings is 2. The lowest BCUT2D eigenvalue weighted by atomic mass is 9.44. The van der Waals surface area contributed by atoms with E-state index in [1.54, 1.807) is 39.0 Å². The van der Waals surface area contributed by atoms with Gasteiger partial charge in [-0.05, 0) is 63.2 Å². The van der Waals surface area contributed by atoms with Crippen molar-refractivity contribution in [2.45, 2.75) is 127 Å². The quantitative estimate of drug-likeness (QED) is 0.171. The molecule has 0 radical (unpaired) electrons. The Bertz CT molecular complexity index is 2310. The smallest absolute Gasteiger partial charge is 0.408 e. The zero-order chi connectivity index (χ0) is 51.7. The number of hydrogen-bond acceptors (Lipinski definition) is 14. The number of alkyl carbamates (subject to hydrolysis) is 1. The zero-order valence-electron chi connectivity index (χ0n) is 43.3. The number of methoxy groups -OCH3 is 2. The van der Waals surface area contributed by atoms with Gasteiger partial charge in [0, 0.05) is 51.7 Å². The van der Waals surface area contributed by atoms with Crippen LogP contribution >= 0.6 is 0 Å². The largest absolute Gasteiger partial charge is 0.456 e. The Hall–Kier alpha value is -4.67. The van der Waals surface area contributed by atoms with Gasteiger partial charge in [0.15, 0.2) is 17.5 Å². The molecule has 1 amide bonds. The maximum absolute atomic E-state index is 15.6. The molecule has 1 saturated heterocycles. The Morgan fingerprint density at radius 2 is 1.60 bits per heavy atom. The van der Waals surface area contributed by atoms with Gasteiger partial charge in [0.2, 0.25) is 0 Å². The summed E-state index contributed by atoms with van der Waals surface area (Å²) < 4.78 is 112. The highest BCUT2D eigenvalue weighted by Crippen LogP contribution is 2.64. The Morgan fingerprint density at radius 1 is 0.967 bits per heavy atom. The Morgan fingerprint density at radius 3 is 2.15 bits per heavy atom. The number of ketones is 1. The number of aliphatic hydroxyl groups excluding tert-OH is 1. The van der Waals surface area contributed by atoms with E-state index in [0.717, 1.165) is 6.92 Å². The van der Waals surface area contributed by atoms with E-state index in [0.29, 0.717) is 0 Å². The maximum atomic E-state index is 15.6. The molecular formula is C45H57NO14. The van der Waals surface area contributed by atoms with Gasteiger partial charge in [-0.15, -0.1) is 0 Å². The van der Waals surface area contributed by atoms with Crippen molar-refractivity contribution in [3.63, 3.8) is 0 Å². The van der Waals surface area contributed by atoms with Crippen LogP contribution in [0.1, 0.15) is 102 Å². The van der Waals surface area contributed by atoms with Gasteiger partial charge in [0.1, 0.15) is 35.6 Å². The third-order valence-corrected chi connectivity index (χ3v) is 12.9. The van der Waals surface area contributed by atoms with E-state index in [2.05, 4.69) is 0 Å². The van der Waals surface area contributed by atoms with Crippen LogP contribution in [0, 0.1) is 16.7 Å². The highest BCUT2D eigenvalue weighted by molar-refractivity contribution is 5.94. The van der Waals surface area contributed by atoms with Gasteiger partial charge < -0.3 is 48.7 Å². The van der Waals surface area contributed by atoms with Gasteiger partial charge in [-0.2, -0.15) is 0 Å². The minimum atomic E-state index is -4.08. The number of hydrogen-bond donors (Lipinski definition) is 3. The van der Waals surface area contributed by atoms with E-state index in [-0.39, 0.29) is 35.3 Å². The first-order valence-electron chi connectivity index (χ1n) is 23.9. The van der Waals surface area contributed by atoms with Crippen LogP contribution in [-0.4, -0.2) is 114 Å². The molecule has 4 aliphatic rings. The summed E-state index contributed by atoms with van der Waals surface area (Å²) in [6.45, 7) is -4.81. The number of carbonyl (C=O) groups is 5. The molecule has 11 atom stereocenters. The maximum Gasteiger partial charge on any atom is 0.408 e. The van der Waals surface area contributed by atoms with Gasteiger partial charge in [0.25, 0.3) is 0 Å². The Kier molecular flexibility index (Phi) is 9.24. The molecule has 0 spiro atoms. The van der Waals surface area contributed by atoms with Crippen molar-refractivity contribution in [2.24, 2.45) is 16.7 Å². The summed E-state index contributed by atoms with van der Waals surface area (Å²) in [5, 5.41) is 27.6. The number of nitrogens with one attached hydrogen (secondary N) is 1. The summed E-state index contributed by atoms with van der Waals surface area (Å²) >= 11 is 0. The SMILES string of the molecule is [2H]C([2H])([2H])C(OC(=O)N[C@@H](c1ccccc1)[C@@H](O)C(=O)O[C@H]1C[C@@]2(O)[C@@H](OC(=O)c3ccccc3)[C@@H]3[C@]4(OC(C)=O)CO[C@@H]4C[C@H](OC)[C@@]3(C)C(=O)[C@H](OC)C(=C1C)C2(C)C)(C([2H])([2H])[2H])C([2H])([2H])[2H]. The van der Waals surface area contributed by atoms with Gasteiger partial charge >= 0.3 is 24.0 Å². The van der Waals surface area contributed by atoms with Crippen LogP contribution in [0.2, 0.25) is 0 Å². The number of ether oxygens (including phenoxy) is 7. The summed E-state index contributed by atoms with van der Waals surface area (Å²) in [5.74, 6) is -5.31. The third-order valence-electron chi connectivity index (χ3n) is 12.9. The Balaban J connectivity index is 1.49. The molecule has 2 bridgehead atoms. The molecular weight excluding hydrogens is 778 g/mol. The molecule has 1 aliphatic heterocycles. The van der Waals surface area contributed by atoms with Crippen LogP contribution in [0.25, 0.3) is 0 Å². The van der Waals surface area contributed by atoms with Crippen LogP contribution in [-0.2, 0) is 47.5 Å². The number of Topliss-reactive ketones (excluding diaryl/α,β-unsaturated/α-hetero) is 1.